The topological polar surface area (TPSA) is 94.4 Å². The Morgan fingerprint density at radius 2 is 2.45 bits per heavy atom. The van der Waals surface area contributed by atoms with E-state index in [1.54, 1.807) is 0 Å². The molecule has 1 N–H and O–H groups in total. The summed E-state index contributed by atoms with van der Waals surface area (Å²) in [5.41, 5.74) is -0.422. The molecule has 8 heteroatoms. The molecule has 1 aromatic rings. The monoisotopic (exact) mass is 299 g/mol. The zero-order valence-corrected chi connectivity index (χ0v) is 11.4. The largest absolute Gasteiger partial charge is 0.381 e. The van der Waals surface area contributed by atoms with Gasteiger partial charge in [0.1, 0.15) is 16.9 Å². The molecule has 1 amide bonds. The Bertz CT molecular complexity index is 517. The first-order chi connectivity index (χ1) is 9.58. The van der Waals surface area contributed by atoms with Gasteiger partial charge in [0.15, 0.2) is 0 Å². The first-order valence-corrected chi connectivity index (χ1v) is 6.61. The van der Waals surface area contributed by atoms with Crippen LogP contribution in [-0.2, 0) is 4.74 Å². The number of carbonyl (C=O) groups excluding carboxylic acids is 1. The molecule has 2 rings (SSSR count). The Hall–Kier alpha value is -1.73. The van der Waals surface area contributed by atoms with Crippen LogP contribution < -0.4 is 5.32 Å². The smallest absolute Gasteiger partial charge is 0.300 e. The number of amides is 1. The molecule has 2 heterocycles. The van der Waals surface area contributed by atoms with Gasteiger partial charge in [-0.05, 0) is 24.8 Å². The number of rotatable bonds is 5. The molecule has 1 atom stereocenters. The number of hydrogen-bond acceptors (Lipinski definition) is 5. The molecule has 1 fully saturated rings. The Morgan fingerprint density at radius 1 is 1.65 bits per heavy atom. The average Bonchev–Trinajstić information content (AvgIpc) is 2.91. The van der Waals surface area contributed by atoms with Crippen molar-refractivity contribution in [2.24, 2.45) is 5.92 Å². The molecular formula is C12H14ClN3O4. The number of aromatic nitrogens is 1. The van der Waals surface area contributed by atoms with E-state index in [-0.39, 0.29) is 16.4 Å². The van der Waals surface area contributed by atoms with Gasteiger partial charge < -0.3 is 10.1 Å². The lowest BCUT2D eigenvalue weighted by Crippen LogP contribution is -2.26. The molecule has 1 aliphatic heterocycles. The number of pyridine rings is 1. The third-order valence-electron chi connectivity index (χ3n) is 3.15. The average molecular weight is 300 g/mol. The maximum absolute atomic E-state index is 12.0. The number of halogens is 1. The molecule has 0 bridgehead atoms. The highest BCUT2D eigenvalue weighted by molar-refractivity contribution is 6.29. The lowest BCUT2D eigenvalue weighted by Gasteiger charge is -2.09. The lowest BCUT2D eigenvalue weighted by atomic mass is 10.1. The Kier molecular flexibility index (Phi) is 4.86. The Morgan fingerprint density at radius 3 is 3.10 bits per heavy atom. The van der Waals surface area contributed by atoms with Crippen molar-refractivity contribution in [2.45, 2.75) is 12.8 Å². The van der Waals surface area contributed by atoms with Crippen LogP contribution in [-0.4, -0.2) is 35.6 Å². The molecule has 0 spiro atoms. The molecule has 1 unspecified atom stereocenters. The van der Waals surface area contributed by atoms with Crippen molar-refractivity contribution in [3.8, 4) is 0 Å². The molecule has 1 saturated heterocycles. The molecule has 0 saturated carbocycles. The number of nitro groups is 1. The van der Waals surface area contributed by atoms with Crippen LogP contribution in [0, 0.1) is 16.0 Å². The van der Waals surface area contributed by atoms with Crippen molar-refractivity contribution in [1.29, 1.82) is 0 Å². The molecule has 108 valence electrons. The van der Waals surface area contributed by atoms with E-state index in [1.165, 1.54) is 6.07 Å². The van der Waals surface area contributed by atoms with Gasteiger partial charge in [0.25, 0.3) is 11.6 Å². The summed E-state index contributed by atoms with van der Waals surface area (Å²) in [6.07, 6.45) is 2.76. The van der Waals surface area contributed by atoms with Crippen molar-refractivity contribution >= 4 is 23.2 Å². The molecular weight excluding hydrogens is 286 g/mol. The van der Waals surface area contributed by atoms with Gasteiger partial charge in [0, 0.05) is 19.8 Å². The number of hydrogen-bond donors (Lipinski definition) is 1. The highest BCUT2D eigenvalue weighted by Crippen LogP contribution is 2.20. The van der Waals surface area contributed by atoms with Crippen molar-refractivity contribution in [3.63, 3.8) is 0 Å². The minimum Gasteiger partial charge on any atom is -0.381 e. The fourth-order valence-electron chi connectivity index (χ4n) is 2.05. The van der Waals surface area contributed by atoms with E-state index in [0.717, 1.165) is 25.6 Å². The summed E-state index contributed by atoms with van der Waals surface area (Å²) in [4.78, 5) is 25.8. The summed E-state index contributed by atoms with van der Waals surface area (Å²) in [5.74, 6) is -0.0776. The van der Waals surface area contributed by atoms with Crippen molar-refractivity contribution in [2.75, 3.05) is 19.8 Å². The van der Waals surface area contributed by atoms with Gasteiger partial charge in [-0.25, -0.2) is 4.98 Å². The first-order valence-electron chi connectivity index (χ1n) is 6.24. The van der Waals surface area contributed by atoms with E-state index in [2.05, 4.69) is 10.3 Å². The van der Waals surface area contributed by atoms with Crippen molar-refractivity contribution < 1.29 is 14.5 Å². The standard InChI is InChI=1S/C12H14ClN3O4/c13-11-5-9(10(6-15-11)16(18)19)12(17)14-3-1-8-2-4-20-7-8/h5-6,8H,1-4,7H2,(H,14,17). The fourth-order valence-corrected chi connectivity index (χ4v) is 2.20. The first kappa shape index (κ1) is 14.7. The van der Waals surface area contributed by atoms with Gasteiger partial charge in [0.05, 0.1) is 4.92 Å². The van der Waals surface area contributed by atoms with Crippen LogP contribution in [0.5, 0.6) is 0 Å². The molecule has 1 aliphatic rings. The number of ether oxygens (including phenoxy) is 1. The second-order valence-corrected chi connectivity index (χ2v) is 4.94. The van der Waals surface area contributed by atoms with Crippen LogP contribution in [0.25, 0.3) is 0 Å². The lowest BCUT2D eigenvalue weighted by molar-refractivity contribution is -0.385. The van der Waals surface area contributed by atoms with Gasteiger partial charge in [-0.1, -0.05) is 11.6 Å². The molecule has 1 aromatic heterocycles. The van der Waals surface area contributed by atoms with Gasteiger partial charge >= 0.3 is 0 Å². The number of carbonyl (C=O) groups is 1. The predicted octanol–water partition coefficient (Wildman–Crippen LogP) is 1.80. The normalized spacial score (nSPS) is 17.9. The summed E-state index contributed by atoms with van der Waals surface area (Å²) in [6, 6.07) is 1.20. The van der Waals surface area contributed by atoms with Gasteiger partial charge in [-0.15, -0.1) is 0 Å². The predicted molar refractivity (Wildman–Crippen MR) is 71.8 cm³/mol. The second-order valence-electron chi connectivity index (χ2n) is 4.56. The fraction of sp³-hybridized carbons (Fsp3) is 0.500. The Labute approximate surface area is 120 Å². The van der Waals surface area contributed by atoms with E-state index < -0.39 is 10.8 Å². The molecule has 20 heavy (non-hydrogen) atoms. The molecule has 0 aromatic carbocycles. The third kappa shape index (κ3) is 3.64. The van der Waals surface area contributed by atoms with E-state index in [0.29, 0.717) is 19.1 Å². The van der Waals surface area contributed by atoms with Crippen molar-refractivity contribution in [1.82, 2.24) is 10.3 Å². The van der Waals surface area contributed by atoms with Crippen LogP contribution in [0.1, 0.15) is 23.2 Å². The second kappa shape index (κ2) is 6.62. The molecule has 0 aliphatic carbocycles. The maximum Gasteiger partial charge on any atom is 0.300 e. The number of nitrogens with zero attached hydrogens (tertiary/aromatic N) is 2. The van der Waals surface area contributed by atoms with Crippen LogP contribution in [0.4, 0.5) is 5.69 Å². The maximum atomic E-state index is 12.0. The zero-order valence-electron chi connectivity index (χ0n) is 10.7. The SMILES string of the molecule is O=C(NCCC1CCOC1)c1cc(Cl)ncc1[N+](=O)[O-]. The number of nitrogens with one attached hydrogen (secondary N) is 1. The summed E-state index contributed by atoms with van der Waals surface area (Å²) >= 11 is 5.67. The van der Waals surface area contributed by atoms with Gasteiger partial charge in [-0.2, -0.15) is 0 Å². The van der Waals surface area contributed by atoms with Crippen LogP contribution >= 0.6 is 11.6 Å². The van der Waals surface area contributed by atoms with E-state index in [4.69, 9.17) is 16.3 Å². The van der Waals surface area contributed by atoms with Crippen LogP contribution in [0.3, 0.4) is 0 Å². The summed E-state index contributed by atoms with van der Waals surface area (Å²) < 4.78 is 5.24. The van der Waals surface area contributed by atoms with Crippen LogP contribution in [0.2, 0.25) is 5.15 Å². The summed E-state index contributed by atoms with van der Waals surface area (Å²) in [5, 5.41) is 13.6. The van der Waals surface area contributed by atoms with Crippen molar-refractivity contribution in [3.05, 3.63) is 33.1 Å². The highest BCUT2D eigenvalue weighted by atomic mass is 35.5. The van der Waals surface area contributed by atoms with Gasteiger partial charge in [0.2, 0.25) is 0 Å². The molecule has 7 nitrogen and oxygen atoms in total. The minimum atomic E-state index is -0.650. The minimum absolute atomic E-state index is 0.0462. The summed E-state index contributed by atoms with van der Waals surface area (Å²) in [6.45, 7) is 1.91. The summed E-state index contributed by atoms with van der Waals surface area (Å²) in [7, 11) is 0. The van der Waals surface area contributed by atoms with E-state index in [1.807, 2.05) is 0 Å². The zero-order chi connectivity index (χ0) is 14.5. The highest BCUT2D eigenvalue weighted by Gasteiger charge is 2.22. The third-order valence-corrected chi connectivity index (χ3v) is 3.36. The van der Waals surface area contributed by atoms with E-state index in [9.17, 15) is 14.9 Å². The van der Waals surface area contributed by atoms with Crippen LogP contribution in [0.15, 0.2) is 12.3 Å². The van der Waals surface area contributed by atoms with E-state index >= 15 is 0 Å². The quantitative estimate of drug-likeness (QED) is 0.508. The Balaban J connectivity index is 1.97. The van der Waals surface area contributed by atoms with Gasteiger partial charge in [-0.3, -0.25) is 14.9 Å². The molecule has 0 radical (unpaired) electrons.